The SMILES string of the molecule is O=S(=O)(C1CC[CH]CC1)C1CC1. The van der Waals surface area contributed by atoms with Crippen LogP contribution in [0.15, 0.2) is 0 Å². The summed E-state index contributed by atoms with van der Waals surface area (Å²) in [6, 6.07) is 0. The number of sulfone groups is 1. The molecular weight excluding hydrogens is 172 g/mol. The molecule has 3 heteroatoms. The van der Waals surface area contributed by atoms with Crippen molar-refractivity contribution >= 4 is 9.84 Å². The summed E-state index contributed by atoms with van der Waals surface area (Å²) in [7, 11) is -2.71. The lowest BCUT2D eigenvalue weighted by molar-refractivity contribution is 0.533. The Balaban J connectivity index is 2.05. The zero-order valence-corrected chi connectivity index (χ0v) is 8.02. The van der Waals surface area contributed by atoms with E-state index in [2.05, 4.69) is 6.42 Å². The molecule has 0 N–H and O–H groups in total. The second-order valence-corrected chi connectivity index (χ2v) is 6.37. The topological polar surface area (TPSA) is 34.1 Å². The van der Waals surface area contributed by atoms with E-state index in [-0.39, 0.29) is 10.5 Å². The van der Waals surface area contributed by atoms with Crippen molar-refractivity contribution < 1.29 is 8.42 Å². The average molecular weight is 187 g/mol. The predicted octanol–water partition coefficient (Wildman–Crippen LogP) is 1.71. The lowest BCUT2D eigenvalue weighted by Gasteiger charge is -2.21. The molecule has 1 radical (unpaired) electrons. The van der Waals surface area contributed by atoms with Crippen LogP contribution in [0.25, 0.3) is 0 Å². The van der Waals surface area contributed by atoms with Crippen LogP contribution in [0.5, 0.6) is 0 Å². The summed E-state index contributed by atoms with van der Waals surface area (Å²) in [6.45, 7) is 0. The Labute approximate surface area is 74.3 Å². The molecule has 0 aliphatic heterocycles. The highest BCUT2D eigenvalue weighted by molar-refractivity contribution is 7.92. The molecule has 0 bridgehead atoms. The third kappa shape index (κ3) is 1.51. The summed E-state index contributed by atoms with van der Waals surface area (Å²) >= 11 is 0. The molecule has 2 aliphatic carbocycles. The van der Waals surface area contributed by atoms with Crippen molar-refractivity contribution in [2.45, 2.75) is 49.0 Å². The standard InChI is InChI=1S/C9H15O2S/c10-12(11,9-6-7-9)8-4-2-1-3-5-8/h1,8-9H,2-7H2. The maximum Gasteiger partial charge on any atom is 0.156 e. The van der Waals surface area contributed by atoms with E-state index in [1.165, 1.54) is 0 Å². The van der Waals surface area contributed by atoms with Crippen molar-refractivity contribution in [3.8, 4) is 0 Å². The van der Waals surface area contributed by atoms with Crippen molar-refractivity contribution in [1.29, 1.82) is 0 Å². The molecule has 0 aromatic carbocycles. The van der Waals surface area contributed by atoms with E-state index >= 15 is 0 Å². The molecule has 0 heterocycles. The lowest BCUT2D eigenvalue weighted by Crippen LogP contribution is -2.27. The summed E-state index contributed by atoms with van der Waals surface area (Å²) in [5.74, 6) is 0. The van der Waals surface area contributed by atoms with Crippen LogP contribution >= 0.6 is 0 Å². The van der Waals surface area contributed by atoms with Gasteiger partial charge in [-0.25, -0.2) is 8.42 Å². The first kappa shape index (κ1) is 8.54. The molecule has 0 aromatic rings. The molecular formula is C9H15O2S. The molecule has 0 atom stereocenters. The summed E-state index contributed by atoms with van der Waals surface area (Å²) in [4.78, 5) is 0. The Kier molecular flexibility index (Phi) is 2.15. The van der Waals surface area contributed by atoms with Crippen LogP contribution in [-0.2, 0) is 9.84 Å². The molecule has 2 saturated carbocycles. The number of hydrogen-bond acceptors (Lipinski definition) is 2. The molecule has 69 valence electrons. The van der Waals surface area contributed by atoms with Crippen LogP contribution in [0.4, 0.5) is 0 Å². The molecule has 0 saturated heterocycles. The second kappa shape index (κ2) is 3.02. The van der Waals surface area contributed by atoms with Crippen molar-refractivity contribution in [3.63, 3.8) is 0 Å². The first-order valence-electron chi connectivity index (χ1n) is 4.75. The first-order chi connectivity index (χ1) is 5.71. The van der Waals surface area contributed by atoms with Gasteiger partial charge in [-0.2, -0.15) is 0 Å². The van der Waals surface area contributed by atoms with Gasteiger partial charge in [-0.1, -0.05) is 0 Å². The van der Waals surface area contributed by atoms with E-state index in [1.807, 2.05) is 0 Å². The summed E-state index contributed by atoms with van der Waals surface area (Å²) in [5.41, 5.74) is 0. The van der Waals surface area contributed by atoms with Crippen molar-refractivity contribution in [2.24, 2.45) is 0 Å². The van der Waals surface area contributed by atoms with Crippen LogP contribution in [0.2, 0.25) is 0 Å². The van der Waals surface area contributed by atoms with Crippen molar-refractivity contribution in [2.75, 3.05) is 0 Å². The minimum Gasteiger partial charge on any atom is -0.228 e. The van der Waals surface area contributed by atoms with Gasteiger partial charge >= 0.3 is 0 Å². The normalized spacial score (nSPS) is 27.3. The van der Waals surface area contributed by atoms with Crippen molar-refractivity contribution in [1.82, 2.24) is 0 Å². The van der Waals surface area contributed by atoms with Crippen molar-refractivity contribution in [3.05, 3.63) is 6.42 Å². The minimum absolute atomic E-state index is 0.00463. The maximum atomic E-state index is 11.7. The van der Waals surface area contributed by atoms with Gasteiger partial charge in [0.1, 0.15) is 0 Å². The van der Waals surface area contributed by atoms with Crippen LogP contribution < -0.4 is 0 Å². The highest BCUT2D eigenvalue weighted by Crippen LogP contribution is 2.35. The fourth-order valence-electron chi connectivity index (χ4n) is 1.89. The van der Waals surface area contributed by atoms with Crippen LogP contribution in [0.3, 0.4) is 0 Å². The molecule has 2 nitrogen and oxygen atoms in total. The maximum absolute atomic E-state index is 11.7. The Morgan fingerprint density at radius 1 is 0.917 bits per heavy atom. The molecule has 0 spiro atoms. The number of rotatable bonds is 2. The molecule has 2 aliphatic rings. The molecule has 0 aromatic heterocycles. The highest BCUT2D eigenvalue weighted by Gasteiger charge is 2.41. The molecule has 2 fully saturated rings. The number of hydrogen-bond donors (Lipinski definition) is 0. The third-order valence-corrected chi connectivity index (χ3v) is 5.64. The van der Waals surface area contributed by atoms with Gasteiger partial charge in [0, 0.05) is 0 Å². The fraction of sp³-hybridized carbons (Fsp3) is 0.889. The highest BCUT2D eigenvalue weighted by atomic mass is 32.2. The van der Waals surface area contributed by atoms with Gasteiger partial charge in [0.25, 0.3) is 0 Å². The third-order valence-electron chi connectivity index (χ3n) is 2.84. The second-order valence-electron chi connectivity index (χ2n) is 3.85. The van der Waals surface area contributed by atoms with Gasteiger partial charge in [-0.05, 0) is 44.9 Å². The fourth-order valence-corrected chi connectivity index (χ4v) is 4.16. The monoisotopic (exact) mass is 187 g/mol. The minimum atomic E-state index is -2.71. The first-order valence-corrected chi connectivity index (χ1v) is 6.36. The largest absolute Gasteiger partial charge is 0.228 e. The summed E-state index contributed by atoms with van der Waals surface area (Å²) < 4.78 is 23.5. The van der Waals surface area contributed by atoms with Gasteiger partial charge < -0.3 is 0 Å². The molecule has 2 rings (SSSR count). The zero-order valence-electron chi connectivity index (χ0n) is 7.20. The Morgan fingerprint density at radius 2 is 1.42 bits per heavy atom. The van der Waals surface area contributed by atoms with Gasteiger partial charge in [0.15, 0.2) is 9.84 Å². The average Bonchev–Trinajstić information content (AvgIpc) is 2.88. The van der Waals surface area contributed by atoms with Gasteiger partial charge in [0.2, 0.25) is 0 Å². The Hall–Kier alpha value is -0.0500. The van der Waals surface area contributed by atoms with E-state index in [0.29, 0.717) is 0 Å². The molecule has 12 heavy (non-hydrogen) atoms. The van der Waals surface area contributed by atoms with Crippen LogP contribution in [0.1, 0.15) is 38.5 Å². The van der Waals surface area contributed by atoms with Gasteiger partial charge in [-0.3, -0.25) is 0 Å². The summed E-state index contributed by atoms with van der Waals surface area (Å²) in [5, 5.41) is 0.0376. The van der Waals surface area contributed by atoms with Gasteiger partial charge in [0.05, 0.1) is 10.5 Å². The lowest BCUT2D eigenvalue weighted by atomic mass is 10.0. The van der Waals surface area contributed by atoms with E-state index in [1.54, 1.807) is 0 Å². The van der Waals surface area contributed by atoms with E-state index < -0.39 is 9.84 Å². The van der Waals surface area contributed by atoms with E-state index in [4.69, 9.17) is 0 Å². The van der Waals surface area contributed by atoms with Gasteiger partial charge in [-0.15, -0.1) is 0 Å². The molecule has 0 unspecified atom stereocenters. The van der Waals surface area contributed by atoms with Crippen LogP contribution in [0, 0.1) is 6.42 Å². The van der Waals surface area contributed by atoms with E-state index in [0.717, 1.165) is 38.5 Å². The predicted molar refractivity (Wildman–Crippen MR) is 48.5 cm³/mol. The smallest absolute Gasteiger partial charge is 0.156 e. The Bertz CT molecular complexity index is 246. The molecule has 0 amide bonds. The van der Waals surface area contributed by atoms with Crippen LogP contribution in [-0.4, -0.2) is 18.9 Å². The quantitative estimate of drug-likeness (QED) is 0.659. The zero-order chi connectivity index (χ0) is 8.60. The Morgan fingerprint density at radius 3 is 1.92 bits per heavy atom. The summed E-state index contributed by atoms with van der Waals surface area (Å²) in [6.07, 6.45) is 7.79. The van der Waals surface area contributed by atoms with E-state index in [9.17, 15) is 8.42 Å².